The third-order valence-corrected chi connectivity index (χ3v) is 4.05. The number of carboxylic acids is 1. The van der Waals surface area contributed by atoms with Crippen LogP contribution in [0.5, 0.6) is 0 Å². The number of carbonyl (C=O) groups is 3. The molecule has 1 rings (SSSR count). The highest BCUT2D eigenvalue weighted by atomic mass is 16.4. The van der Waals surface area contributed by atoms with Gasteiger partial charge in [0.05, 0.1) is 6.54 Å². The quantitative estimate of drug-likeness (QED) is 0.720. The molecule has 0 heterocycles. The third kappa shape index (κ3) is 5.66. The molecule has 0 atom stereocenters. The molecule has 6 nitrogen and oxygen atoms in total. The lowest BCUT2D eigenvalue weighted by molar-refractivity contribution is -0.149. The maximum atomic E-state index is 12.0. The summed E-state index contributed by atoms with van der Waals surface area (Å²) in [5, 5.41) is 14.6. The lowest BCUT2D eigenvalue weighted by atomic mass is 9.77. The van der Waals surface area contributed by atoms with Gasteiger partial charge in [0.1, 0.15) is 5.54 Å². The van der Waals surface area contributed by atoms with Crippen LogP contribution in [0, 0.1) is 11.3 Å². The Hall–Kier alpha value is -1.59. The lowest BCUT2D eigenvalue weighted by Gasteiger charge is -2.36. The van der Waals surface area contributed by atoms with Crippen LogP contribution < -0.4 is 10.6 Å². The van der Waals surface area contributed by atoms with Gasteiger partial charge in [-0.05, 0) is 37.0 Å². The molecule has 6 heteroatoms. The van der Waals surface area contributed by atoms with Crippen LogP contribution in [0.4, 0.5) is 0 Å². The van der Waals surface area contributed by atoms with Crippen molar-refractivity contribution >= 4 is 17.8 Å². The van der Waals surface area contributed by atoms with Crippen LogP contribution in [-0.4, -0.2) is 35.0 Å². The number of carbonyl (C=O) groups excluding carboxylic acids is 2. The van der Waals surface area contributed by atoms with Crippen molar-refractivity contribution in [3.8, 4) is 0 Å². The van der Waals surface area contributed by atoms with Crippen molar-refractivity contribution < 1.29 is 19.5 Å². The minimum Gasteiger partial charge on any atom is -0.480 e. The topological polar surface area (TPSA) is 95.5 Å². The van der Waals surface area contributed by atoms with Crippen molar-refractivity contribution in [2.45, 2.75) is 65.3 Å². The van der Waals surface area contributed by atoms with E-state index in [0.717, 1.165) is 12.8 Å². The van der Waals surface area contributed by atoms with Gasteiger partial charge in [-0.3, -0.25) is 9.59 Å². The molecule has 0 unspecified atom stereocenters. The largest absolute Gasteiger partial charge is 0.480 e. The van der Waals surface area contributed by atoms with E-state index in [1.54, 1.807) is 0 Å². The summed E-state index contributed by atoms with van der Waals surface area (Å²) in [6, 6.07) is 0. The summed E-state index contributed by atoms with van der Waals surface area (Å²) < 4.78 is 0. The Bertz CT molecular complexity index is 432. The van der Waals surface area contributed by atoms with Gasteiger partial charge in [0.25, 0.3) is 0 Å². The maximum absolute atomic E-state index is 12.0. The number of hydrogen-bond donors (Lipinski definition) is 3. The fraction of sp³-hybridized carbons (Fsp3) is 0.812. The highest BCUT2D eigenvalue weighted by Crippen LogP contribution is 2.32. The standard InChI is InChI=1S/C16H28N2O4/c1-11-5-7-16(8-6-11,14(21)22)18-13(20)10-17-12(19)9-15(2,3)4/h11H,5-10H2,1-4H3,(H,17,19)(H,18,20)(H,21,22). The van der Waals surface area contributed by atoms with Crippen LogP contribution in [-0.2, 0) is 14.4 Å². The van der Waals surface area contributed by atoms with Crippen LogP contribution in [0.3, 0.4) is 0 Å². The smallest absolute Gasteiger partial charge is 0.329 e. The summed E-state index contributed by atoms with van der Waals surface area (Å²) in [5.41, 5.74) is -1.33. The highest BCUT2D eigenvalue weighted by molar-refractivity contribution is 5.90. The monoisotopic (exact) mass is 312 g/mol. The summed E-state index contributed by atoms with van der Waals surface area (Å²) in [7, 11) is 0. The molecule has 0 spiro atoms. The molecule has 0 aromatic rings. The van der Waals surface area contributed by atoms with Crippen molar-refractivity contribution in [2.24, 2.45) is 11.3 Å². The van der Waals surface area contributed by atoms with E-state index in [4.69, 9.17) is 0 Å². The van der Waals surface area contributed by atoms with Gasteiger partial charge in [0.2, 0.25) is 11.8 Å². The van der Waals surface area contributed by atoms with Gasteiger partial charge in [-0.15, -0.1) is 0 Å². The number of nitrogens with one attached hydrogen (secondary N) is 2. The van der Waals surface area contributed by atoms with Gasteiger partial charge in [-0.25, -0.2) is 4.79 Å². The Labute approximate surface area is 132 Å². The predicted molar refractivity (Wildman–Crippen MR) is 83.2 cm³/mol. The lowest BCUT2D eigenvalue weighted by Crippen LogP contribution is -2.58. The molecular formula is C16H28N2O4. The van der Waals surface area contributed by atoms with E-state index in [1.807, 2.05) is 20.8 Å². The maximum Gasteiger partial charge on any atom is 0.329 e. The van der Waals surface area contributed by atoms with E-state index in [1.165, 1.54) is 0 Å². The molecule has 22 heavy (non-hydrogen) atoms. The SMILES string of the molecule is CC1CCC(NC(=O)CNC(=O)CC(C)(C)C)(C(=O)O)CC1. The fourth-order valence-corrected chi connectivity index (χ4v) is 2.68. The molecular weight excluding hydrogens is 284 g/mol. The molecule has 0 aromatic heterocycles. The molecule has 1 aliphatic rings. The van der Waals surface area contributed by atoms with Crippen molar-refractivity contribution in [2.75, 3.05) is 6.54 Å². The van der Waals surface area contributed by atoms with Gasteiger partial charge in [-0.2, -0.15) is 0 Å². The number of rotatable bonds is 5. The fourth-order valence-electron chi connectivity index (χ4n) is 2.68. The second kappa shape index (κ2) is 7.11. The Morgan fingerprint density at radius 3 is 2.14 bits per heavy atom. The van der Waals surface area contributed by atoms with Crippen molar-refractivity contribution in [1.82, 2.24) is 10.6 Å². The number of hydrogen-bond acceptors (Lipinski definition) is 3. The predicted octanol–water partition coefficient (Wildman–Crippen LogP) is 1.69. The second-order valence-electron chi connectivity index (χ2n) is 7.63. The van der Waals surface area contributed by atoms with Crippen LogP contribution >= 0.6 is 0 Å². The molecule has 0 aromatic carbocycles. The average Bonchev–Trinajstić information content (AvgIpc) is 2.37. The van der Waals surface area contributed by atoms with E-state index < -0.39 is 17.4 Å². The third-order valence-electron chi connectivity index (χ3n) is 4.05. The van der Waals surface area contributed by atoms with Gasteiger partial charge in [-0.1, -0.05) is 27.7 Å². The Morgan fingerprint density at radius 1 is 1.14 bits per heavy atom. The highest BCUT2D eigenvalue weighted by Gasteiger charge is 2.42. The molecule has 126 valence electrons. The number of carboxylic acid groups (broad SMARTS) is 1. The van der Waals surface area contributed by atoms with Gasteiger partial charge in [0.15, 0.2) is 0 Å². The van der Waals surface area contributed by atoms with Crippen molar-refractivity contribution in [1.29, 1.82) is 0 Å². The van der Waals surface area contributed by atoms with Crippen molar-refractivity contribution in [3.63, 3.8) is 0 Å². The molecule has 2 amide bonds. The van der Waals surface area contributed by atoms with Gasteiger partial charge >= 0.3 is 5.97 Å². The molecule has 0 bridgehead atoms. The molecule has 0 aliphatic heterocycles. The molecule has 0 radical (unpaired) electrons. The first kappa shape index (κ1) is 18.5. The van der Waals surface area contributed by atoms with Crippen LogP contribution in [0.25, 0.3) is 0 Å². The first-order chi connectivity index (χ1) is 10.0. The summed E-state index contributed by atoms with van der Waals surface area (Å²) in [4.78, 5) is 35.2. The Balaban J connectivity index is 2.52. The van der Waals surface area contributed by atoms with E-state index in [9.17, 15) is 19.5 Å². The zero-order valence-electron chi connectivity index (χ0n) is 14.0. The van der Waals surface area contributed by atoms with Gasteiger partial charge < -0.3 is 15.7 Å². The molecule has 1 aliphatic carbocycles. The Morgan fingerprint density at radius 2 is 1.68 bits per heavy atom. The zero-order chi connectivity index (χ0) is 17.0. The summed E-state index contributed by atoms with van der Waals surface area (Å²) in [5.74, 6) is -1.16. The second-order valence-corrected chi connectivity index (χ2v) is 7.63. The zero-order valence-corrected chi connectivity index (χ0v) is 14.0. The van der Waals surface area contributed by atoms with Crippen LogP contribution in [0.15, 0.2) is 0 Å². The van der Waals surface area contributed by atoms with E-state index >= 15 is 0 Å². The number of amides is 2. The van der Waals surface area contributed by atoms with E-state index in [-0.39, 0.29) is 17.9 Å². The first-order valence-corrected chi connectivity index (χ1v) is 7.85. The summed E-state index contributed by atoms with van der Waals surface area (Å²) >= 11 is 0. The Kier molecular flexibility index (Phi) is 5.97. The normalized spacial score (nSPS) is 25.4. The van der Waals surface area contributed by atoms with Crippen LogP contribution in [0.2, 0.25) is 0 Å². The summed E-state index contributed by atoms with van der Waals surface area (Å²) in [6.45, 7) is 7.72. The molecule has 1 saturated carbocycles. The molecule has 1 fully saturated rings. The minimum absolute atomic E-state index is 0.150. The van der Waals surface area contributed by atoms with E-state index in [0.29, 0.717) is 25.2 Å². The first-order valence-electron chi connectivity index (χ1n) is 7.85. The summed E-state index contributed by atoms with van der Waals surface area (Å²) in [6.07, 6.45) is 2.75. The van der Waals surface area contributed by atoms with Gasteiger partial charge in [0, 0.05) is 6.42 Å². The minimum atomic E-state index is -1.18. The molecule has 3 N–H and O–H groups in total. The van der Waals surface area contributed by atoms with Crippen LogP contribution in [0.1, 0.15) is 59.8 Å². The van der Waals surface area contributed by atoms with Crippen molar-refractivity contribution in [3.05, 3.63) is 0 Å². The average molecular weight is 312 g/mol. The van der Waals surface area contributed by atoms with E-state index in [2.05, 4.69) is 17.6 Å². The number of aliphatic carboxylic acids is 1. The molecule has 0 saturated heterocycles.